The van der Waals surface area contributed by atoms with Crippen LogP contribution in [-0.4, -0.2) is 16.9 Å². The van der Waals surface area contributed by atoms with Crippen molar-refractivity contribution < 1.29 is 4.79 Å². The third-order valence-electron chi connectivity index (χ3n) is 2.55. The summed E-state index contributed by atoms with van der Waals surface area (Å²) in [5.41, 5.74) is 7.74. The van der Waals surface area contributed by atoms with Crippen molar-refractivity contribution in [1.29, 1.82) is 0 Å². The average molecular weight is 286 g/mol. The van der Waals surface area contributed by atoms with Gasteiger partial charge in [0, 0.05) is 0 Å². The highest BCUT2D eigenvalue weighted by Crippen LogP contribution is 2.26. The van der Waals surface area contributed by atoms with E-state index < -0.39 is 6.04 Å². The first-order valence-corrected chi connectivity index (χ1v) is 6.35. The summed E-state index contributed by atoms with van der Waals surface area (Å²) in [6.07, 6.45) is 0.621. The fraction of sp³-hybridized carbons (Fsp3) is 0.333. The second-order valence-corrected chi connectivity index (χ2v) is 5.02. The minimum Gasteiger partial charge on any atom is -0.320 e. The van der Waals surface area contributed by atoms with Crippen molar-refractivity contribution in [2.24, 2.45) is 5.73 Å². The van der Waals surface area contributed by atoms with E-state index in [0.717, 1.165) is 10.2 Å². The summed E-state index contributed by atoms with van der Waals surface area (Å²) in [6, 6.07) is 5.55. The molecule has 0 aliphatic carbocycles. The van der Waals surface area contributed by atoms with Gasteiger partial charge < -0.3 is 11.1 Å². The van der Waals surface area contributed by atoms with Crippen molar-refractivity contribution in [2.45, 2.75) is 26.3 Å². The van der Waals surface area contributed by atoms with Crippen molar-refractivity contribution in [3.8, 4) is 0 Å². The number of nitrogens with one attached hydrogen (secondary N) is 1. The highest BCUT2D eigenvalue weighted by Gasteiger charge is 2.13. The average Bonchev–Trinajstić information content (AvgIpc) is 2.69. The van der Waals surface area contributed by atoms with E-state index >= 15 is 0 Å². The number of rotatable bonds is 3. The number of amides is 1. The number of hydrogen-bond donors (Lipinski definition) is 2. The third kappa shape index (κ3) is 3.19. The van der Waals surface area contributed by atoms with Crippen LogP contribution in [0, 0.1) is 6.92 Å². The molecule has 0 unspecified atom stereocenters. The summed E-state index contributed by atoms with van der Waals surface area (Å²) in [5, 5.41) is 3.36. The predicted molar refractivity (Wildman–Crippen MR) is 78.5 cm³/mol. The van der Waals surface area contributed by atoms with E-state index in [0.29, 0.717) is 11.6 Å². The first-order chi connectivity index (χ1) is 8.10. The Morgan fingerprint density at radius 3 is 2.94 bits per heavy atom. The van der Waals surface area contributed by atoms with Crippen LogP contribution in [0.2, 0.25) is 0 Å². The molecule has 1 heterocycles. The standard InChI is InChI=1S/C12H15N3OS.ClH/c1-3-8(13)11(16)15-12-14-9-5-4-7(2)6-10(9)17-12;/h4-6,8H,3,13H2,1-2H3,(H,14,15,16);1H/t8-;/m0./s1. The summed E-state index contributed by atoms with van der Waals surface area (Å²) in [7, 11) is 0. The van der Waals surface area contributed by atoms with Crippen molar-refractivity contribution in [3.63, 3.8) is 0 Å². The van der Waals surface area contributed by atoms with E-state index in [-0.39, 0.29) is 18.3 Å². The van der Waals surface area contributed by atoms with Crippen molar-refractivity contribution in [1.82, 2.24) is 4.98 Å². The molecule has 18 heavy (non-hydrogen) atoms. The van der Waals surface area contributed by atoms with E-state index in [4.69, 9.17) is 5.73 Å². The van der Waals surface area contributed by atoms with Crippen LogP contribution in [0.1, 0.15) is 18.9 Å². The number of carbonyl (C=O) groups is 1. The molecule has 98 valence electrons. The maximum atomic E-state index is 11.6. The molecule has 3 N–H and O–H groups in total. The molecule has 0 spiro atoms. The Labute approximate surface area is 116 Å². The lowest BCUT2D eigenvalue weighted by atomic mass is 10.2. The van der Waals surface area contributed by atoms with Crippen LogP contribution in [0.3, 0.4) is 0 Å². The van der Waals surface area contributed by atoms with Crippen LogP contribution in [0.15, 0.2) is 18.2 Å². The number of anilines is 1. The lowest BCUT2D eigenvalue weighted by molar-refractivity contribution is -0.117. The molecule has 4 nitrogen and oxygen atoms in total. The van der Waals surface area contributed by atoms with Gasteiger partial charge in [0.05, 0.1) is 16.3 Å². The fourth-order valence-corrected chi connectivity index (χ4v) is 2.44. The number of halogens is 1. The molecule has 2 rings (SSSR count). The van der Waals surface area contributed by atoms with E-state index in [1.165, 1.54) is 16.9 Å². The molecule has 0 fully saturated rings. The molecule has 1 amide bonds. The van der Waals surface area contributed by atoms with Gasteiger partial charge in [-0.05, 0) is 31.0 Å². The molecule has 1 aromatic heterocycles. The van der Waals surface area contributed by atoms with Gasteiger partial charge in [0.2, 0.25) is 5.91 Å². The van der Waals surface area contributed by atoms with E-state index in [2.05, 4.69) is 16.4 Å². The molecule has 0 bridgehead atoms. The molecule has 0 saturated carbocycles. The zero-order valence-electron chi connectivity index (χ0n) is 10.3. The number of thiazole rings is 1. The minimum atomic E-state index is -0.469. The van der Waals surface area contributed by atoms with Gasteiger partial charge in [-0.15, -0.1) is 12.4 Å². The zero-order chi connectivity index (χ0) is 12.4. The molecule has 6 heteroatoms. The summed E-state index contributed by atoms with van der Waals surface area (Å²) in [4.78, 5) is 16.0. The number of fused-ring (bicyclic) bond motifs is 1. The van der Waals surface area contributed by atoms with Crippen LogP contribution in [0.5, 0.6) is 0 Å². The maximum absolute atomic E-state index is 11.6. The highest BCUT2D eigenvalue weighted by molar-refractivity contribution is 7.22. The van der Waals surface area contributed by atoms with Gasteiger partial charge >= 0.3 is 0 Å². The Balaban J connectivity index is 0.00000162. The number of carbonyl (C=O) groups excluding carboxylic acids is 1. The van der Waals surface area contributed by atoms with Gasteiger partial charge in [0.25, 0.3) is 0 Å². The smallest absolute Gasteiger partial charge is 0.243 e. The normalized spacial score (nSPS) is 11.9. The fourth-order valence-electron chi connectivity index (χ4n) is 1.47. The van der Waals surface area contributed by atoms with E-state index in [1.807, 2.05) is 26.0 Å². The molecule has 0 aliphatic heterocycles. The Morgan fingerprint density at radius 1 is 1.56 bits per heavy atom. The molecule has 1 aromatic carbocycles. The van der Waals surface area contributed by atoms with Crippen molar-refractivity contribution in [2.75, 3.05) is 5.32 Å². The lowest BCUT2D eigenvalue weighted by Crippen LogP contribution is -2.34. The summed E-state index contributed by atoms with van der Waals surface area (Å²) in [5.74, 6) is -0.178. The molecular weight excluding hydrogens is 270 g/mol. The van der Waals surface area contributed by atoms with Crippen LogP contribution < -0.4 is 11.1 Å². The topological polar surface area (TPSA) is 68.0 Å². The number of hydrogen-bond acceptors (Lipinski definition) is 4. The summed E-state index contributed by atoms with van der Waals surface area (Å²) in [6.45, 7) is 3.91. The van der Waals surface area contributed by atoms with E-state index in [1.54, 1.807) is 0 Å². The molecule has 2 aromatic rings. The van der Waals surface area contributed by atoms with Crippen LogP contribution >= 0.6 is 23.7 Å². The molecule has 0 saturated heterocycles. The second-order valence-electron chi connectivity index (χ2n) is 3.99. The Bertz CT molecular complexity index is 555. The quantitative estimate of drug-likeness (QED) is 0.911. The van der Waals surface area contributed by atoms with Gasteiger partial charge in [-0.3, -0.25) is 4.79 Å². The third-order valence-corrected chi connectivity index (χ3v) is 3.48. The highest BCUT2D eigenvalue weighted by atomic mass is 35.5. The zero-order valence-corrected chi connectivity index (χ0v) is 11.9. The van der Waals surface area contributed by atoms with Crippen molar-refractivity contribution >= 4 is 45.0 Å². The second kappa shape index (κ2) is 6.13. The van der Waals surface area contributed by atoms with Crippen molar-refractivity contribution in [3.05, 3.63) is 23.8 Å². The SMILES string of the molecule is CC[C@H](N)C(=O)Nc1nc2ccc(C)cc2s1.Cl. The molecule has 0 radical (unpaired) electrons. The van der Waals surface area contributed by atoms with Gasteiger partial charge in [0.1, 0.15) is 0 Å². The first kappa shape index (κ1) is 14.9. The first-order valence-electron chi connectivity index (χ1n) is 5.53. The lowest BCUT2D eigenvalue weighted by Gasteiger charge is -2.06. The maximum Gasteiger partial charge on any atom is 0.243 e. The largest absolute Gasteiger partial charge is 0.320 e. The molecular formula is C12H16ClN3OS. The number of aryl methyl sites for hydroxylation is 1. The predicted octanol–water partition coefficient (Wildman–Crippen LogP) is 2.70. The molecule has 1 atom stereocenters. The monoisotopic (exact) mass is 285 g/mol. The van der Waals surface area contributed by atoms with Crippen LogP contribution in [0.25, 0.3) is 10.2 Å². The van der Waals surface area contributed by atoms with Gasteiger partial charge in [0.15, 0.2) is 5.13 Å². The number of aromatic nitrogens is 1. The summed E-state index contributed by atoms with van der Waals surface area (Å²) < 4.78 is 1.07. The minimum absolute atomic E-state index is 0. The number of nitrogens with two attached hydrogens (primary N) is 1. The van der Waals surface area contributed by atoms with Crippen LogP contribution in [-0.2, 0) is 4.79 Å². The van der Waals surface area contributed by atoms with Crippen LogP contribution in [0.4, 0.5) is 5.13 Å². The summed E-state index contributed by atoms with van der Waals surface area (Å²) >= 11 is 1.47. The Morgan fingerprint density at radius 2 is 2.28 bits per heavy atom. The van der Waals surface area contributed by atoms with Gasteiger partial charge in [-0.1, -0.05) is 24.3 Å². The molecule has 0 aliphatic rings. The van der Waals surface area contributed by atoms with Gasteiger partial charge in [-0.25, -0.2) is 4.98 Å². The Kier molecular flexibility index (Phi) is 5.07. The number of benzene rings is 1. The number of nitrogens with zero attached hydrogens (tertiary/aromatic N) is 1. The van der Waals surface area contributed by atoms with E-state index in [9.17, 15) is 4.79 Å². The Hall–Kier alpha value is -1.17. The van der Waals surface area contributed by atoms with Gasteiger partial charge in [-0.2, -0.15) is 0 Å².